The highest BCUT2D eigenvalue weighted by Crippen LogP contribution is 2.24. The Bertz CT molecular complexity index is 1040. The summed E-state index contributed by atoms with van der Waals surface area (Å²) >= 11 is 5.19. The molecule has 32 heavy (non-hydrogen) atoms. The van der Waals surface area contributed by atoms with Gasteiger partial charge in [-0.05, 0) is 42.7 Å². The quantitative estimate of drug-likeness (QED) is 0.527. The van der Waals surface area contributed by atoms with Crippen LogP contribution in [0.4, 0.5) is 5.69 Å². The van der Waals surface area contributed by atoms with Gasteiger partial charge in [0.2, 0.25) is 5.91 Å². The fourth-order valence-corrected chi connectivity index (χ4v) is 5.04. The SMILES string of the molecule is Cc1nc(CC(=O)N2CCN(Cc3ccccc3)CCCNc3ccc(Br)cc3C2)cs1. The average molecular weight is 514 g/mol. The lowest BCUT2D eigenvalue weighted by Gasteiger charge is -2.28. The molecule has 1 N–H and O–H groups in total. The first-order valence-electron chi connectivity index (χ1n) is 11.0. The molecule has 0 spiro atoms. The molecular weight excluding hydrogens is 484 g/mol. The molecule has 3 aromatic rings. The molecule has 2 heterocycles. The third-order valence-electron chi connectivity index (χ3n) is 5.68. The molecule has 0 radical (unpaired) electrons. The molecule has 0 atom stereocenters. The molecule has 0 aliphatic carbocycles. The number of aryl methyl sites for hydroxylation is 1. The summed E-state index contributed by atoms with van der Waals surface area (Å²) < 4.78 is 1.03. The van der Waals surface area contributed by atoms with Crippen LogP contribution < -0.4 is 5.32 Å². The summed E-state index contributed by atoms with van der Waals surface area (Å²) in [4.78, 5) is 22.3. The number of hydrogen-bond acceptors (Lipinski definition) is 5. The molecular formula is C25H29BrN4OS. The van der Waals surface area contributed by atoms with Gasteiger partial charge in [0.1, 0.15) is 0 Å². The molecule has 1 aliphatic heterocycles. The number of amides is 1. The lowest BCUT2D eigenvalue weighted by molar-refractivity contribution is -0.131. The predicted octanol–water partition coefficient (Wildman–Crippen LogP) is 5.10. The molecule has 0 saturated heterocycles. The zero-order valence-electron chi connectivity index (χ0n) is 18.4. The summed E-state index contributed by atoms with van der Waals surface area (Å²) in [6.07, 6.45) is 1.40. The number of anilines is 1. The maximum atomic E-state index is 13.3. The third-order valence-corrected chi connectivity index (χ3v) is 7.00. The number of carbonyl (C=O) groups is 1. The van der Waals surface area contributed by atoms with Gasteiger partial charge in [0.05, 0.1) is 17.1 Å². The van der Waals surface area contributed by atoms with Crippen LogP contribution in [0.2, 0.25) is 0 Å². The molecule has 0 bridgehead atoms. The smallest absolute Gasteiger partial charge is 0.228 e. The van der Waals surface area contributed by atoms with Crippen LogP contribution in [0.5, 0.6) is 0 Å². The van der Waals surface area contributed by atoms with Crippen LogP contribution in [0.15, 0.2) is 58.4 Å². The largest absolute Gasteiger partial charge is 0.385 e. The van der Waals surface area contributed by atoms with E-state index in [4.69, 9.17) is 0 Å². The Morgan fingerprint density at radius 2 is 2.00 bits per heavy atom. The van der Waals surface area contributed by atoms with Crippen molar-refractivity contribution >= 4 is 38.9 Å². The highest BCUT2D eigenvalue weighted by atomic mass is 79.9. The van der Waals surface area contributed by atoms with E-state index in [-0.39, 0.29) is 5.91 Å². The van der Waals surface area contributed by atoms with E-state index in [1.54, 1.807) is 11.3 Å². The van der Waals surface area contributed by atoms with Gasteiger partial charge in [-0.3, -0.25) is 9.69 Å². The van der Waals surface area contributed by atoms with Crippen LogP contribution in [-0.2, 0) is 24.3 Å². The van der Waals surface area contributed by atoms with E-state index >= 15 is 0 Å². The first-order chi connectivity index (χ1) is 15.6. The minimum Gasteiger partial charge on any atom is -0.385 e. The van der Waals surface area contributed by atoms with Gasteiger partial charge < -0.3 is 10.2 Å². The van der Waals surface area contributed by atoms with E-state index in [9.17, 15) is 4.79 Å². The van der Waals surface area contributed by atoms with E-state index in [1.165, 1.54) is 5.56 Å². The average Bonchev–Trinajstić information content (AvgIpc) is 3.18. The standard InChI is InChI=1S/C25H29BrN4OS/c1-19-28-23(18-32-19)15-25(31)30-13-12-29(16-20-6-3-2-4-7-20)11-5-10-27-24-9-8-22(26)14-21(24)17-30/h2-4,6-9,14,18,27H,5,10-13,15-17H2,1H3. The molecule has 0 unspecified atom stereocenters. The Hall–Kier alpha value is -2.22. The number of fused-ring (bicyclic) bond motifs is 1. The van der Waals surface area contributed by atoms with Crippen molar-refractivity contribution in [3.8, 4) is 0 Å². The number of nitrogens with one attached hydrogen (secondary N) is 1. The molecule has 7 heteroatoms. The number of nitrogens with zero attached hydrogens (tertiary/aromatic N) is 3. The Morgan fingerprint density at radius 3 is 2.78 bits per heavy atom. The Balaban J connectivity index is 1.54. The summed E-state index contributed by atoms with van der Waals surface area (Å²) in [6, 6.07) is 16.8. The van der Waals surface area contributed by atoms with Crippen LogP contribution in [0.3, 0.4) is 0 Å². The Labute approximate surface area is 202 Å². The fourth-order valence-electron chi connectivity index (χ4n) is 4.02. The van der Waals surface area contributed by atoms with Crippen molar-refractivity contribution in [1.82, 2.24) is 14.8 Å². The van der Waals surface area contributed by atoms with Crippen molar-refractivity contribution in [2.45, 2.75) is 32.9 Å². The van der Waals surface area contributed by atoms with Crippen LogP contribution in [0.1, 0.15) is 28.2 Å². The Kier molecular flexibility index (Phi) is 7.95. The first-order valence-corrected chi connectivity index (χ1v) is 12.7. The molecule has 2 aromatic carbocycles. The zero-order valence-corrected chi connectivity index (χ0v) is 20.8. The topological polar surface area (TPSA) is 48.5 Å². The van der Waals surface area contributed by atoms with Crippen LogP contribution >= 0.6 is 27.3 Å². The zero-order chi connectivity index (χ0) is 22.3. The summed E-state index contributed by atoms with van der Waals surface area (Å²) in [7, 11) is 0. The summed E-state index contributed by atoms with van der Waals surface area (Å²) in [5.41, 5.74) is 4.41. The maximum absolute atomic E-state index is 13.3. The molecule has 1 amide bonds. The van der Waals surface area contributed by atoms with Crippen LogP contribution in [-0.4, -0.2) is 46.9 Å². The molecule has 0 saturated carbocycles. The second kappa shape index (κ2) is 11.1. The minimum absolute atomic E-state index is 0.125. The van der Waals surface area contributed by atoms with Crippen molar-refractivity contribution in [2.24, 2.45) is 0 Å². The van der Waals surface area contributed by atoms with E-state index in [1.807, 2.05) is 17.2 Å². The lowest BCUT2D eigenvalue weighted by Crippen LogP contribution is -2.39. The highest BCUT2D eigenvalue weighted by molar-refractivity contribution is 9.10. The van der Waals surface area contributed by atoms with E-state index in [2.05, 4.69) is 79.7 Å². The van der Waals surface area contributed by atoms with Crippen molar-refractivity contribution in [3.63, 3.8) is 0 Å². The molecule has 1 aromatic heterocycles. The van der Waals surface area contributed by atoms with Gasteiger partial charge in [0, 0.05) is 54.8 Å². The second-order valence-electron chi connectivity index (χ2n) is 8.19. The van der Waals surface area contributed by atoms with Crippen molar-refractivity contribution < 1.29 is 4.79 Å². The van der Waals surface area contributed by atoms with Crippen LogP contribution in [0.25, 0.3) is 0 Å². The van der Waals surface area contributed by atoms with Crippen LogP contribution in [0, 0.1) is 6.92 Å². The highest BCUT2D eigenvalue weighted by Gasteiger charge is 2.20. The Morgan fingerprint density at radius 1 is 1.16 bits per heavy atom. The molecule has 168 valence electrons. The van der Waals surface area contributed by atoms with E-state index < -0.39 is 0 Å². The van der Waals surface area contributed by atoms with Gasteiger partial charge in [-0.15, -0.1) is 11.3 Å². The summed E-state index contributed by atoms with van der Waals surface area (Å²) in [5, 5.41) is 6.58. The molecule has 1 aliphatic rings. The number of thiazole rings is 1. The lowest BCUT2D eigenvalue weighted by atomic mass is 10.1. The molecule has 0 fully saturated rings. The third kappa shape index (κ3) is 6.40. The molecule has 4 rings (SSSR count). The first kappa shape index (κ1) is 23.0. The van der Waals surface area contributed by atoms with Crippen molar-refractivity contribution in [2.75, 3.05) is 31.5 Å². The van der Waals surface area contributed by atoms with Crippen molar-refractivity contribution in [3.05, 3.63) is 80.2 Å². The monoisotopic (exact) mass is 512 g/mol. The second-order valence-corrected chi connectivity index (χ2v) is 10.2. The summed E-state index contributed by atoms with van der Waals surface area (Å²) in [5.74, 6) is 0.125. The van der Waals surface area contributed by atoms with Gasteiger partial charge >= 0.3 is 0 Å². The normalized spacial score (nSPS) is 15.5. The number of hydrogen-bond donors (Lipinski definition) is 1. The van der Waals surface area contributed by atoms with Gasteiger partial charge in [0.25, 0.3) is 0 Å². The minimum atomic E-state index is 0.125. The maximum Gasteiger partial charge on any atom is 0.228 e. The van der Waals surface area contributed by atoms with Gasteiger partial charge in [-0.2, -0.15) is 0 Å². The number of halogens is 1. The van der Waals surface area contributed by atoms with Gasteiger partial charge in [-0.25, -0.2) is 4.98 Å². The van der Waals surface area contributed by atoms with E-state index in [0.717, 1.165) is 59.0 Å². The molecule has 5 nitrogen and oxygen atoms in total. The summed E-state index contributed by atoms with van der Waals surface area (Å²) in [6.45, 7) is 6.90. The number of carbonyl (C=O) groups excluding carboxylic acids is 1. The van der Waals surface area contributed by atoms with Gasteiger partial charge in [-0.1, -0.05) is 46.3 Å². The predicted molar refractivity (Wildman–Crippen MR) is 135 cm³/mol. The number of rotatable bonds is 4. The fraction of sp³-hybridized carbons (Fsp3) is 0.360. The van der Waals surface area contributed by atoms with E-state index in [0.29, 0.717) is 19.5 Å². The van der Waals surface area contributed by atoms with Crippen molar-refractivity contribution in [1.29, 1.82) is 0 Å². The number of benzene rings is 2. The number of aromatic nitrogens is 1. The van der Waals surface area contributed by atoms with Gasteiger partial charge in [0.15, 0.2) is 0 Å².